The number of carbonyl (C=O) groups excluding carboxylic acids is 2. The zero-order valence-corrected chi connectivity index (χ0v) is 22.8. The molecule has 0 saturated carbocycles. The minimum Gasteiger partial charge on any atom is -0.467 e. The summed E-state index contributed by atoms with van der Waals surface area (Å²) < 4.78 is 42.0. The summed E-state index contributed by atoms with van der Waals surface area (Å²) in [5, 5.41) is 0.332. The molecule has 1 aromatic heterocycles. The molecule has 0 spiro atoms. The van der Waals surface area contributed by atoms with Crippen LogP contribution in [0.4, 0.5) is 0 Å². The molecule has 1 amide bonds. The molecule has 0 atom stereocenters. The average molecular weight is 568 g/mol. The lowest BCUT2D eigenvalue weighted by molar-refractivity contribution is 0.0372. The number of ether oxygens (including phenoxy) is 1. The van der Waals surface area contributed by atoms with Gasteiger partial charge in [-0.25, -0.2) is 4.79 Å². The summed E-state index contributed by atoms with van der Waals surface area (Å²) >= 11 is 6.26. The van der Waals surface area contributed by atoms with Crippen LogP contribution in [0.3, 0.4) is 0 Å². The SMILES string of the molecule is CC(C)OC(=O)c1ccccc1S(=O)(=O)Oc1ccc(CN(Cc2ccco2)C(=O)c2ccccc2Cl)cc1. The summed E-state index contributed by atoms with van der Waals surface area (Å²) in [7, 11) is -4.34. The summed E-state index contributed by atoms with van der Waals surface area (Å²) in [5.74, 6) is -0.412. The minimum absolute atomic E-state index is 0.0424. The lowest BCUT2D eigenvalue weighted by Gasteiger charge is -2.22. The van der Waals surface area contributed by atoms with Crippen LogP contribution in [0, 0.1) is 0 Å². The first kappa shape index (κ1) is 27.9. The summed E-state index contributed by atoms with van der Waals surface area (Å²) in [5.41, 5.74) is 0.952. The van der Waals surface area contributed by atoms with E-state index in [0.717, 1.165) is 0 Å². The molecule has 8 nitrogen and oxygen atoms in total. The van der Waals surface area contributed by atoms with Crippen molar-refractivity contribution in [3.8, 4) is 5.75 Å². The van der Waals surface area contributed by atoms with E-state index in [2.05, 4.69) is 0 Å². The highest BCUT2D eigenvalue weighted by Crippen LogP contribution is 2.25. The number of hydrogen-bond donors (Lipinski definition) is 0. The number of furan rings is 1. The number of nitrogens with zero attached hydrogens (tertiary/aromatic N) is 1. The fraction of sp³-hybridized carbons (Fsp3) is 0.172. The first-order valence-electron chi connectivity index (χ1n) is 12.0. The highest BCUT2D eigenvalue weighted by atomic mass is 35.5. The van der Waals surface area contributed by atoms with Gasteiger partial charge in [0.05, 0.1) is 35.1 Å². The molecule has 0 aliphatic rings. The maximum absolute atomic E-state index is 13.3. The number of carbonyl (C=O) groups is 2. The van der Waals surface area contributed by atoms with Crippen molar-refractivity contribution < 1.29 is 31.3 Å². The summed E-state index contributed by atoms with van der Waals surface area (Å²) in [6, 6.07) is 22.2. The van der Waals surface area contributed by atoms with Crippen LogP contribution in [-0.4, -0.2) is 31.3 Å². The van der Waals surface area contributed by atoms with Crippen molar-refractivity contribution in [2.24, 2.45) is 0 Å². The molecule has 0 aliphatic carbocycles. The Kier molecular flexibility index (Phi) is 8.73. The van der Waals surface area contributed by atoms with Crippen molar-refractivity contribution in [2.75, 3.05) is 0 Å². The minimum atomic E-state index is -4.34. The van der Waals surface area contributed by atoms with Gasteiger partial charge in [0.2, 0.25) is 0 Å². The monoisotopic (exact) mass is 567 g/mol. The molecule has 0 N–H and O–H groups in total. The lowest BCUT2D eigenvalue weighted by Crippen LogP contribution is -2.30. The van der Waals surface area contributed by atoms with E-state index >= 15 is 0 Å². The van der Waals surface area contributed by atoms with Crippen molar-refractivity contribution in [3.63, 3.8) is 0 Å². The molecule has 4 aromatic rings. The second-order valence-corrected chi connectivity index (χ2v) is 10.8. The number of rotatable bonds is 10. The van der Waals surface area contributed by atoms with Gasteiger partial charge in [0.25, 0.3) is 5.91 Å². The highest BCUT2D eigenvalue weighted by Gasteiger charge is 2.26. The Balaban J connectivity index is 1.53. The summed E-state index contributed by atoms with van der Waals surface area (Å²) in [6.07, 6.45) is 1.11. The van der Waals surface area contributed by atoms with Gasteiger partial charge in [-0.1, -0.05) is 48.0 Å². The molecule has 3 aromatic carbocycles. The van der Waals surface area contributed by atoms with E-state index in [0.29, 0.717) is 21.9 Å². The third kappa shape index (κ3) is 7.07. The van der Waals surface area contributed by atoms with E-state index in [1.165, 1.54) is 36.6 Å². The molecule has 0 radical (unpaired) electrons. The van der Waals surface area contributed by atoms with E-state index in [1.54, 1.807) is 73.3 Å². The van der Waals surface area contributed by atoms with Crippen LogP contribution in [0.1, 0.15) is 45.9 Å². The number of esters is 1. The van der Waals surface area contributed by atoms with E-state index < -0.39 is 22.2 Å². The van der Waals surface area contributed by atoms with Gasteiger partial charge < -0.3 is 18.2 Å². The fourth-order valence-corrected chi connectivity index (χ4v) is 5.11. The highest BCUT2D eigenvalue weighted by molar-refractivity contribution is 7.87. The van der Waals surface area contributed by atoms with Crippen molar-refractivity contribution in [2.45, 2.75) is 37.9 Å². The van der Waals surface area contributed by atoms with Gasteiger partial charge in [-0.2, -0.15) is 8.42 Å². The second-order valence-electron chi connectivity index (χ2n) is 8.85. The zero-order valence-electron chi connectivity index (χ0n) is 21.2. The normalized spacial score (nSPS) is 11.3. The number of halogens is 1. The smallest absolute Gasteiger partial charge is 0.340 e. The topological polar surface area (TPSA) is 103 Å². The van der Waals surface area contributed by atoms with E-state index in [9.17, 15) is 18.0 Å². The largest absolute Gasteiger partial charge is 0.467 e. The summed E-state index contributed by atoms with van der Waals surface area (Å²) in [4.78, 5) is 27.0. The van der Waals surface area contributed by atoms with E-state index in [1.807, 2.05) is 0 Å². The van der Waals surface area contributed by atoms with Crippen LogP contribution >= 0.6 is 11.6 Å². The van der Waals surface area contributed by atoms with Crippen LogP contribution in [0.5, 0.6) is 5.75 Å². The molecular weight excluding hydrogens is 542 g/mol. The first-order chi connectivity index (χ1) is 18.6. The molecule has 0 fully saturated rings. The van der Waals surface area contributed by atoms with Gasteiger partial charge in [0.15, 0.2) is 0 Å². The fourth-order valence-electron chi connectivity index (χ4n) is 3.77. The molecule has 1 heterocycles. The number of hydrogen-bond acceptors (Lipinski definition) is 7. The van der Waals surface area contributed by atoms with Crippen LogP contribution in [0.25, 0.3) is 0 Å². The third-order valence-corrected chi connectivity index (χ3v) is 7.18. The average Bonchev–Trinajstić information content (AvgIpc) is 3.42. The summed E-state index contributed by atoms with van der Waals surface area (Å²) in [6.45, 7) is 3.74. The van der Waals surface area contributed by atoms with Gasteiger partial charge in [-0.05, 0) is 67.9 Å². The van der Waals surface area contributed by atoms with Gasteiger partial charge in [-0.3, -0.25) is 4.79 Å². The Morgan fingerprint density at radius 1 is 0.872 bits per heavy atom. The van der Waals surface area contributed by atoms with Crippen molar-refractivity contribution in [1.82, 2.24) is 4.90 Å². The van der Waals surface area contributed by atoms with Crippen LogP contribution in [0.2, 0.25) is 5.02 Å². The Labute approximate surface area is 231 Å². The Morgan fingerprint density at radius 3 is 2.18 bits per heavy atom. The molecule has 0 bridgehead atoms. The van der Waals surface area contributed by atoms with E-state index in [-0.39, 0.29) is 35.2 Å². The van der Waals surface area contributed by atoms with Gasteiger partial charge in [0.1, 0.15) is 16.4 Å². The third-order valence-electron chi connectivity index (χ3n) is 5.54. The Bertz CT molecular complexity index is 1550. The molecule has 0 saturated heterocycles. The second kappa shape index (κ2) is 12.2. The molecule has 0 aliphatic heterocycles. The molecule has 0 unspecified atom stereocenters. The maximum Gasteiger partial charge on any atom is 0.340 e. The van der Waals surface area contributed by atoms with Crippen molar-refractivity contribution in [3.05, 3.63) is 119 Å². The predicted octanol–water partition coefficient (Wildman–Crippen LogP) is 6.11. The maximum atomic E-state index is 13.3. The van der Waals surface area contributed by atoms with Gasteiger partial charge >= 0.3 is 16.1 Å². The molecular formula is C29H26ClNO7S. The van der Waals surface area contributed by atoms with Gasteiger partial charge in [-0.15, -0.1) is 0 Å². The van der Waals surface area contributed by atoms with Gasteiger partial charge in [0, 0.05) is 6.54 Å². The van der Waals surface area contributed by atoms with Crippen molar-refractivity contribution in [1.29, 1.82) is 0 Å². The number of amides is 1. The first-order valence-corrected chi connectivity index (χ1v) is 13.8. The van der Waals surface area contributed by atoms with Crippen LogP contribution in [-0.2, 0) is 27.9 Å². The Morgan fingerprint density at radius 2 is 1.54 bits per heavy atom. The zero-order chi connectivity index (χ0) is 28.0. The van der Waals surface area contributed by atoms with Crippen molar-refractivity contribution >= 4 is 33.6 Å². The standard InChI is InChI=1S/C29H26ClNO7S/c1-20(2)37-29(33)25-10-4-6-12-27(25)39(34,35)38-22-15-13-21(14-16-22)18-31(19-23-8-7-17-36-23)28(32)24-9-3-5-11-26(24)30/h3-17,20H,18-19H2,1-2H3. The predicted molar refractivity (Wildman–Crippen MR) is 145 cm³/mol. The Hall–Kier alpha value is -4.08. The van der Waals surface area contributed by atoms with E-state index in [4.69, 9.17) is 24.9 Å². The molecule has 39 heavy (non-hydrogen) atoms. The number of benzene rings is 3. The quantitative estimate of drug-likeness (QED) is 0.168. The molecule has 4 rings (SSSR count). The molecule has 10 heteroatoms. The van der Waals surface area contributed by atoms with Crippen LogP contribution in [0.15, 0.2) is 101 Å². The molecule has 202 valence electrons. The lowest BCUT2D eigenvalue weighted by atomic mass is 10.1. The van der Waals surface area contributed by atoms with Crippen LogP contribution < -0.4 is 4.18 Å².